The van der Waals surface area contributed by atoms with Crippen LogP contribution in [0, 0.1) is 5.92 Å². The number of rotatable bonds is 8. The largest absolute Gasteiger partial charge is 0.473 e. The minimum absolute atomic E-state index is 0.149. The molecular weight excluding hydrogens is 456 g/mol. The van der Waals surface area contributed by atoms with Crippen molar-refractivity contribution in [1.29, 1.82) is 0 Å². The molecule has 2 aromatic carbocycles. The summed E-state index contributed by atoms with van der Waals surface area (Å²) in [5.41, 5.74) is 2.45. The highest BCUT2D eigenvalue weighted by Crippen LogP contribution is 2.23. The summed E-state index contributed by atoms with van der Waals surface area (Å²) in [6.07, 6.45) is 4.05. The molecule has 2 N–H and O–H groups in total. The quantitative estimate of drug-likeness (QED) is 0.529. The lowest BCUT2D eigenvalue weighted by atomic mass is 9.94. The van der Waals surface area contributed by atoms with Crippen LogP contribution in [0.2, 0.25) is 5.02 Å². The molecule has 184 valence electrons. The van der Waals surface area contributed by atoms with Crippen LogP contribution >= 0.6 is 11.6 Å². The van der Waals surface area contributed by atoms with Crippen LogP contribution in [-0.2, 0) is 27.5 Å². The third kappa shape index (κ3) is 9.53. The van der Waals surface area contributed by atoms with Gasteiger partial charge in [0.15, 0.2) is 0 Å². The summed E-state index contributed by atoms with van der Waals surface area (Å²) in [5, 5.41) is 15.6. The number of likely N-dealkylation sites (tertiary alicyclic amines) is 1. The number of amides is 1. The zero-order valence-corrected chi connectivity index (χ0v) is 20.3. The first-order valence-corrected chi connectivity index (χ1v) is 11.9. The van der Waals surface area contributed by atoms with Crippen LogP contribution in [0.3, 0.4) is 0 Å². The van der Waals surface area contributed by atoms with Gasteiger partial charge in [-0.1, -0.05) is 67.4 Å². The number of aliphatic carboxylic acids is 2. The second-order valence-corrected chi connectivity index (χ2v) is 8.83. The molecular formula is C26H33ClN2O5. The number of carbonyl (C=O) groups excluding carboxylic acids is 1. The van der Waals surface area contributed by atoms with E-state index in [2.05, 4.69) is 34.9 Å². The molecule has 0 spiro atoms. The van der Waals surface area contributed by atoms with Gasteiger partial charge < -0.3 is 15.1 Å². The van der Waals surface area contributed by atoms with E-state index in [0.717, 1.165) is 63.4 Å². The van der Waals surface area contributed by atoms with Crippen LogP contribution in [-0.4, -0.2) is 57.5 Å². The van der Waals surface area contributed by atoms with E-state index in [0.29, 0.717) is 5.91 Å². The lowest BCUT2D eigenvalue weighted by Crippen LogP contribution is -2.42. The summed E-state index contributed by atoms with van der Waals surface area (Å²) in [5.74, 6) is -3.17. The number of hydrogen-bond acceptors (Lipinski definition) is 4. The Hall–Kier alpha value is -2.90. The van der Waals surface area contributed by atoms with Crippen LogP contribution in [0.1, 0.15) is 43.7 Å². The maximum atomic E-state index is 13.2. The van der Waals surface area contributed by atoms with E-state index in [4.69, 9.17) is 31.4 Å². The molecule has 2 aromatic rings. The fourth-order valence-electron chi connectivity index (χ4n) is 3.91. The average molecular weight is 489 g/mol. The van der Waals surface area contributed by atoms with Crippen molar-refractivity contribution in [2.75, 3.05) is 19.6 Å². The van der Waals surface area contributed by atoms with Gasteiger partial charge in [-0.25, -0.2) is 9.59 Å². The first kappa shape index (κ1) is 27.3. The van der Waals surface area contributed by atoms with Crippen LogP contribution < -0.4 is 0 Å². The number of carboxylic acid groups (broad SMARTS) is 2. The Morgan fingerprint density at radius 1 is 0.971 bits per heavy atom. The fourth-order valence-corrected chi connectivity index (χ4v) is 4.12. The lowest BCUT2D eigenvalue weighted by molar-refractivity contribution is -0.159. The van der Waals surface area contributed by atoms with Gasteiger partial charge in [-0.15, -0.1) is 0 Å². The molecule has 0 aromatic heterocycles. The van der Waals surface area contributed by atoms with Gasteiger partial charge in [-0.05, 0) is 55.6 Å². The van der Waals surface area contributed by atoms with Gasteiger partial charge in [0, 0.05) is 30.6 Å². The number of halogens is 1. The number of nitrogens with zero attached hydrogens (tertiary/aromatic N) is 2. The van der Waals surface area contributed by atoms with Crippen LogP contribution in [0.25, 0.3) is 0 Å². The van der Waals surface area contributed by atoms with Crippen molar-refractivity contribution in [3.05, 3.63) is 70.7 Å². The molecule has 7 nitrogen and oxygen atoms in total. The Morgan fingerprint density at radius 3 is 2.15 bits per heavy atom. The zero-order chi connectivity index (χ0) is 24.9. The number of hydrogen-bond donors (Lipinski definition) is 2. The van der Waals surface area contributed by atoms with Crippen molar-refractivity contribution in [1.82, 2.24) is 9.80 Å². The van der Waals surface area contributed by atoms with E-state index in [1.165, 1.54) is 11.1 Å². The number of benzene rings is 2. The third-order valence-electron chi connectivity index (χ3n) is 5.72. The number of carbonyl (C=O) groups is 3. The molecule has 1 fully saturated rings. The molecule has 1 saturated heterocycles. The zero-order valence-electron chi connectivity index (χ0n) is 19.5. The molecule has 3 rings (SSSR count). The van der Waals surface area contributed by atoms with Gasteiger partial charge in [0.05, 0.1) is 0 Å². The summed E-state index contributed by atoms with van der Waals surface area (Å²) < 4.78 is 0. The highest BCUT2D eigenvalue weighted by atomic mass is 35.5. The molecule has 0 saturated carbocycles. The number of piperidine rings is 1. The summed E-state index contributed by atoms with van der Waals surface area (Å²) in [6, 6.07) is 18.4. The Balaban J connectivity index is 0.000000604. The Labute approximate surface area is 205 Å². The minimum atomic E-state index is -1.82. The van der Waals surface area contributed by atoms with Gasteiger partial charge in [-0.2, -0.15) is 0 Å². The maximum Gasteiger partial charge on any atom is 0.414 e. The van der Waals surface area contributed by atoms with Crippen LogP contribution in [0.15, 0.2) is 54.6 Å². The second kappa shape index (κ2) is 14.4. The summed E-state index contributed by atoms with van der Waals surface area (Å²) >= 11 is 6.10. The van der Waals surface area contributed by atoms with Crippen molar-refractivity contribution < 1.29 is 24.6 Å². The fraction of sp³-hybridized carbons (Fsp3) is 0.423. The molecule has 0 bridgehead atoms. The van der Waals surface area contributed by atoms with Crippen molar-refractivity contribution in [3.8, 4) is 0 Å². The van der Waals surface area contributed by atoms with Crippen LogP contribution in [0.5, 0.6) is 0 Å². The third-order valence-corrected chi connectivity index (χ3v) is 5.96. The topological polar surface area (TPSA) is 98.2 Å². The van der Waals surface area contributed by atoms with E-state index >= 15 is 0 Å². The van der Waals surface area contributed by atoms with Crippen molar-refractivity contribution in [2.45, 2.75) is 45.7 Å². The molecule has 8 heteroatoms. The van der Waals surface area contributed by atoms with Gasteiger partial charge in [-0.3, -0.25) is 9.69 Å². The molecule has 1 aliphatic rings. The van der Waals surface area contributed by atoms with Gasteiger partial charge in [0.2, 0.25) is 5.91 Å². The molecule has 1 aliphatic heterocycles. The highest BCUT2D eigenvalue weighted by molar-refractivity contribution is 6.30. The number of carboxylic acids is 2. The molecule has 0 aliphatic carbocycles. The summed E-state index contributed by atoms with van der Waals surface area (Å²) in [7, 11) is 0. The predicted molar refractivity (Wildman–Crippen MR) is 131 cm³/mol. The van der Waals surface area contributed by atoms with Gasteiger partial charge >= 0.3 is 11.9 Å². The average Bonchev–Trinajstić information content (AvgIpc) is 2.83. The standard InChI is InChI=1S/C24H31ClN2O.C2H2O4/c1-2-3-14-27(19-20-8-5-4-6-9-20)24(28)22-12-15-26(16-13-22)18-21-10-7-11-23(25)17-21;3-1(4)2(5)6/h4-11,17,22H,2-3,12-16,18-19H2,1H3;(H,3,4)(H,5,6). The molecule has 0 radical (unpaired) electrons. The Kier molecular flexibility index (Phi) is 11.6. The predicted octanol–water partition coefficient (Wildman–Crippen LogP) is 4.54. The van der Waals surface area contributed by atoms with Gasteiger partial charge in [0.25, 0.3) is 0 Å². The smallest absolute Gasteiger partial charge is 0.414 e. The van der Waals surface area contributed by atoms with Gasteiger partial charge in [0.1, 0.15) is 0 Å². The van der Waals surface area contributed by atoms with Crippen molar-refractivity contribution >= 4 is 29.4 Å². The van der Waals surface area contributed by atoms with Crippen molar-refractivity contribution in [2.24, 2.45) is 5.92 Å². The Bertz CT molecular complexity index is 918. The normalized spacial score (nSPS) is 14.1. The second-order valence-electron chi connectivity index (χ2n) is 8.39. The monoisotopic (exact) mass is 488 g/mol. The van der Waals surface area contributed by atoms with E-state index < -0.39 is 11.9 Å². The Morgan fingerprint density at radius 2 is 1.59 bits per heavy atom. The summed E-state index contributed by atoms with van der Waals surface area (Å²) in [4.78, 5) is 35.9. The minimum Gasteiger partial charge on any atom is -0.473 e. The SMILES string of the molecule is CCCCN(Cc1ccccc1)C(=O)C1CCN(Cc2cccc(Cl)c2)CC1.O=C(O)C(=O)O. The van der Waals surface area contributed by atoms with Crippen molar-refractivity contribution in [3.63, 3.8) is 0 Å². The summed E-state index contributed by atoms with van der Waals surface area (Å²) in [6.45, 7) is 6.60. The highest BCUT2D eigenvalue weighted by Gasteiger charge is 2.28. The first-order valence-electron chi connectivity index (χ1n) is 11.6. The molecule has 1 heterocycles. The van der Waals surface area contributed by atoms with E-state index in [9.17, 15) is 4.79 Å². The van der Waals surface area contributed by atoms with E-state index in [-0.39, 0.29) is 5.92 Å². The van der Waals surface area contributed by atoms with E-state index in [1.807, 2.05) is 36.4 Å². The maximum absolute atomic E-state index is 13.2. The molecule has 0 atom stereocenters. The van der Waals surface area contributed by atoms with Crippen LogP contribution in [0.4, 0.5) is 0 Å². The number of unbranched alkanes of at least 4 members (excludes halogenated alkanes) is 1. The first-order chi connectivity index (χ1) is 16.3. The van der Waals surface area contributed by atoms with E-state index in [1.54, 1.807) is 0 Å². The molecule has 0 unspecified atom stereocenters. The molecule has 1 amide bonds. The molecule has 34 heavy (non-hydrogen) atoms. The lowest BCUT2D eigenvalue weighted by Gasteiger charge is -2.34.